The Bertz CT molecular complexity index is 219. The molecule has 0 unspecified atom stereocenters. The van der Waals surface area contributed by atoms with Gasteiger partial charge < -0.3 is 5.32 Å². The highest BCUT2D eigenvalue weighted by Crippen LogP contribution is 2.12. The second kappa shape index (κ2) is 3.86. The van der Waals surface area contributed by atoms with Crippen LogP contribution < -0.4 is 5.32 Å². The number of hydrogen-bond acceptors (Lipinski definition) is 3. The minimum atomic E-state index is -4.14. The summed E-state index contributed by atoms with van der Waals surface area (Å²) in [5.74, 6) is 0. The number of nitrogens with zero attached hydrogens (tertiary/aromatic N) is 1. The van der Waals surface area contributed by atoms with Gasteiger partial charge in [0, 0.05) is 11.9 Å². The number of aromatic nitrogens is 1. The van der Waals surface area contributed by atoms with Gasteiger partial charge in [0.05, 0.1) is 17.7 Å². The van der Waals surface area contributed by atoms with Crippen molar-refractivity contribution in [3.8, 4) is 0 Å². The van der Waals surface area contributed by atoms with Gasteiger partial charge >= 0.3 is 6.18 Å². The highest BCUT2D eigenvalue weighted by atomic mass is 32.1. The van der Waals surface area contributed by atoms with Crippen LogP contribution in [0.2, 0.25) is 0 Å². The maximum Gasteiger partial charge on any atom is 0.401 e. The molecule has 68 valence electrons. The summed E-state index contributed by atoms with van der Waals surface area (Å²) in [7, 11) is 0. The zero-order valence-electron chi connectivity index (χ0n) is 6.06. The van der Waals surface area contributed by atoms with Crippen molar-refractivity contribution >= 4 is 11.3 Å². The summed E-state index contributed by atoms with van der Waals surface area (Å²) >= 11 is 1.37. The Hall–Kier alpha value is -0.620. The molecule has 2 nitrogen and oxygen atoms in total. The van der Waals surface area contributed by atoms with Crippen LogP contribution in [-0.2, 0) is 6.54 Å². The Morgan fingerprint density at radius 3 is 2.75 bits per heavy atom. The molecule has 1 aromatic rings. The summed E-state index contributed by atoms with van der Waals surface area (Å²) in [5, 5.41) is 3.96. The van der Waals surface area contributed by atoms with Gasteiger partial charge in [-0.1, -0.05) is 0 Å². The molecule has 6 heteroatoms. The third-order valence-corrected chi connectivity index (χ3v) is 1.75. The molecule has 0 aromatic carbocycles. The van der Waals surface area contributed by atoms with E-state index in [2.05, 4.69) is 10.3 Å². The standard InChI is InChI=1S/C6H7F3N2S/c7-6(8,9)3-10-1-5-2-12-4-11-5/h2,4,10H,1,3H2. The van der Waals surface area contributed by atoms with Gasteiger partial charge in [-0.05, 0) is 0 Å². The molecule has 0 bridgehead atoms. The monoisotopic (exact) mass is 196 g/mol. The second-order valence-electron chi connectivity index (χ2n) is 2.20. The van der Waals surface area contributed by atoms with E-state index in [1.165, 1.54) is 11.3 Å². The number of hydrogen-bond donors (Lipinski definition) is 1. The Morgan fingerprint density at radius 2 is 2.25 bits per heavy atom. The van der Waals surface area contributed by atoms with Crippen molar-refractivity contribution in [2.75, 3.05) is 6.54 Å². The maximum absolute atomic E-state index is 11.6. The van der Waals surface area contributed by atoms with E-state index >= 15 is 0 Å². The first-order valence-electron chi connectivity index (χ1n) is 3.22. The molecule has 1 N–H and O–H groups in total. The number of alkyl halides is 3. The summed E-state index contributed by atoms with van der Waals surface area (Å²) in [6.45, 7) is -0.798. The molecular weight excluding hydrogens is 189 g/mol. The Balaban J connectivity index is 2.20. The first-order valence-corrected chi connectivity index (χ1v) is 4.17. The lowest BCUT2D eigenvalue weighted by Gasteiger charge is -2.05. The summed E-state index contributed by atoms with van der Waals surface area (Å²) < 4.78 is 34.8. The quantitative estimate of drug-likeness (QED) is 0.797. The summed E-state index contributed by atoms with van der Waals surface area (Å²) in [5.41, 5.74) is 2.23. The van der Waals surface area contributed by atoms with Crippen LogP contribution in [0.4, 0.5) is 13.2 Å². The Morgan fingerprint density at radius 1 is 1.50 bits per heavy atom. The van der Waals surface area contributed by atoms with Crippen molar-refractivity contribution in [1.29, 1.82) is 0 Å². The van der Waals surface area contributed by atoms with Crippen LogP contribution in [0.1, 0.15) is 5.69 Å². The second-order valence-corrected chi connectivity index (χ2v) is 2.92. The largest absolute Gasteiger partial charge is 0.401 e. The normalized spacial score (nSPS) is 11.9. The average Bonchev–Trinajstić information content (AvgIpc) is 2.36. The van der Waals surface area contributed by atoms with Crippen molar-refractivity contribution < 1.29 is 13.2 Å². The number of rotatable bonds is 3. The van der Waals surface area contributed by atoms with Crippen molar-refractivity contribution in [2.24, 2.45) is 0 Å². The van der Waals surface area contributed by atoms with Crippen LogP contribution >= 0.6 is 11.3 Å². The van der Waals surface area contributed by atoms with E-state index in [1.54, 1.807) is 10.9 Å². The summed E-state index contributed by atoms with van der Waals surface area (Å²) in [4.78, 5) is 3.82. The minimum Gasteiger partial charge on any atom is -0.303 e. The van der Waals surface area contributed by atoms with E-state index < -0.39 is 12.7 Å². The van der Waals surface area contributed by atoms with E-state index in [9.17, 15) is 13.2 Å². The minimum absolute atomic E-state index is 0.170. The first-order chi connectivity index (χ1) is 5.58. The molecule has 1 aromatic heterocycles. The smallest absolute Gasteiger partial charge is 0.303 e. The summed E-state index contributed by atoms with van der Waals surface area (Å²) in [6, 6.07) is 0. The predicted molar refractivity (Wildman–Crippen MR) is 39.9 cm³/mol. The van der Waals surface area contributed by atoms with E-state index in [-0.39, 0.29) is 6.54 Å². The fourth-order valence-electron chi connectivity index (χ4n) is 0.657. The molecule has 0 saturated carbocycles. The molecule has 0 atom stereocenters. The van der Waals surface area contributed by atoms with Crippen molar-refractivity contribution in [1.82, 2.24) is 10.3 Å². The fraction of sp³-hybridized carbons (Fsp3) is 0.500. The lowest BCUT2D eigenvalue weighted by atomic mass is 10.5. The molecule has 12 heavy (non-hydrogen) atoms. The lowest BCUT2D eigenvalue weighted by Crippen LogP contribution is -2.28. The van der Waals surface area contributed by atoms with E-state index in [4.69, 9.17) is 0 Å². The van der Waals surface area contributed by atoms with Gasteiger partial charge in [-0.3, -0.25) is 0 Å². The van der Waals surface area contributed by atoms with Crippen LogP contribution in [-0.4, -0.2) is 17.7 Å². The zero-order valence-corrected chi connectivity index (χ0v) is 6.87. The SMILES string of the molecule is FC(F)(F)CNCc1cscn1. The van der Waals surface area contributed by atoms with Gasteiger partial charge in [0.25, 0.3) is 0 Å². The third kappa shape index (κ3) is 3.68. The zero-order chi connectivity index (χ0) is 9.03. The number of thiazole rings is 1. The van der Waals surface area contributed by atoms with Crippen LogP contribution in [0.15, 0.2) is 10.9 Å². The number of nitrogens with one attached hydrogen (secondary N) is 1. The van der Waals surface area contributed by atoms with Crippen LogP contribution in [0, 0.1) is 0 Å². The van der Waals surface area contributed by atoms with Gasteiger partial charge in [0.2, 0.25) is 0 Å². The highest BCUT2D eigenvalue weighted by molar-refractivity contribution is 7.07. The van der Waals surface area contributed by atoms with Gasteiger partial charge in [-0.15, -0.1) is 11.3 Å². The lowest BCUT2D eigenvalue weighted by molar-refractivity contribution is -0.125. The molecule has 0 saturated heterocycles. The van der Waals surface area contributed by atoms with E-state index in [1.807, 2.05) is 0 Å². The van der Waals surface area contributed by atoms with Crippen LogP contribution in [0.3, 0.4) is 0 Å². The van der Waals surface area contributed by atoms with Gasteiger partial charge in [0.15, 0.2) is 0 Å². The van der Waals surface area contributed by atoms with Gasteiger partial charge in [0.1, 0.15) is 0 Å². The third-order valence-electron chi connectivity index (χ3n) is 1.12. The van der Waals surface area contributed by atoms with E-state index in [0.29, 0.717) is 5.69 Å². The molecule has 0 aliphatic heterocycles. The molecule has 0 aliphatic carbocycles. The predicted octanol–water partition coefficient (Wildman–Crippen LogP) is 1.79. The maximum atomic E-state index is 11.6. The fourth-order valence-corrected chi connectivity index (χ4v) is 1.22. The first kappa shape index (κ1) is 9.47. The molecule has 0 amide bonds. The molecular formula is C6H7F3N2S. The van der Waals surface area contributed by atoms with Gasteiger partial charge in [-0.2, -0.15) is 13.2 Å². The molecule has 0 aliphatic rings. The molecule has 0 fully saturated rings. The topological polar surface area (TPSA) is 24.9 Å². The molecule has 0 spiro atoms. The van der Waals surface area contributed by atoms with Crippen LogP contribution in [0.5, 0.6) is 0 Å². The molecule has 1 heterocycles. The van der Waals surface area contributed by atoms with Crippen molar-refractivity contribution in [2.45, 2.75) is 12.7 Å². The van der Waals surface area contributed by atoms with E-state index in [0.717, 1.165) is 0 Å². The average molecular weight is 196 g/mol. The molecule has 1 rings (SSSR count). The Labute approximate surface area is 71.4 Å². The molecule has 0 radical (unpaired) electrons. The number of halogens is 3. The van der Waals surface area contributed by atoms with Gasteiger partial charge in [-0.25, -0.2) is 4.98 Å². The highest BCUT2D eigenvalue weighted by Gasteiger charge is 2.26. The Kier molecular flexibility index (Phi) is 3.05. The van der Waals surface area contributed by atoms with Crippen molar-refractivity contribution in [3.63, 3.8) is 0 Å². The summed E-state index contributed by atoms with van der Waals surface area (Å²) in [6.07, 6.45) is -4.14. The van der Waals surface area contributed by atoms with Crippen molar-refractivity contribution in [3.05, 3.63) is 16.6 Å². The van der Waals surface area contributed by atoms with Crippen LogP contribution in [0.25, 0.3) is 0 Å².